The first-order valence-corrected chi connectivity index (χ1v) is 10.8. The molecule has 0 aliphatic rings. The van der Waals surface area contributed by atoms with E-state index < -0.39 is 0 Å². The van der Waals surface area contributed by atoms with E-state index in [1.807, 2.05) is 97.1 Å². The van der Waals surface area contributed by atoms with Crippen molar-refractivity contribution in [2.24, 2.45) is 0 Å². The van der Waals surface area contributed by atoms with Crippen LogP contribution in [0.5, 0.6) is 11.5 Å². The largest absolute Gasteiger partial charge is 0.457 e. The Morgan fingerprint density at radius 3 is 1.58 bits per heavy atom. The summed E-state index contributed by atoms with van der Waals surface area (Å²) in [7, 11) is 0. The van der Waals surface area contributed by atoms with Gasteiger partial charge in [0.1, 0.15) is 11.5 Å². The Morgan fingerprint density at radius 1 is 0.606 bits per heavy atom. The van der Waals surface area contributed by atoms with Crippen LogP contribution >= 0.6 is 0 Å². The van der Waals surface area contributed by atoms with E-state index in [2.05, 4.69) is 29.3 Å². The van der Waals surface area contributed by atoms with Crippen molar-refractivity contribution in [2.45, 2.75) is 12.8 Å². The molecule has 0 fully saturated rings. The van der Waals surface area contributed by atoms with Crippen LogP contribution in [0.2, 0.25) is 0 Å². The number of rotatable bonds is 9. The third-order valence-corrected chi connectivity index (χ3v) is 5.02. The van der Waals surface area contributed by atoms with E-state index in [9.17, 15) is 4.79 Å². The van der Waals surface area contributed by atoms with Crippen molar-refractivity contribution in [1.82, 2.24) is 0 Å². The first-order valence-electron chi connectivity index (χ1n) is 10.8. The van der Waals surface area contributed by atoms with E-state index in [4.69, 9.17) is 4.74 Å². The number of carbonyl (C=O) groups excluding carboxylic acids is 1. The van der Waals surface area contributed by atoms with Gasteiger partial charge in [-0.05, 0) is 59.7 Å². The van der Waals surface area contributed by atoms with Gasteiger partial charge in [-0.15, -0.1) is 0 Å². The summed E-state index contributed by atoms with van der Waals surface area (Å²) in [5.74, 6) is 1.38. The molecule has 0 atom stereocenters. The van der Waals surface area contributed by atoms with Gasteiger partial charge in [-0.2, -0.15) is 0 Å². The smallest absolute Gasteiger partial charge is 0.228 e. The van der Waals surface area contributed by atoms with Crippen LogP contribution in [-0.4, -0.2) is 5.91 Å². The fourth-order valence-electron chi connectivity index (χ4n) is 3.43. The zero-order chi connectivity index (χ0) is 22.9. The lowest BCUT2D eigenvalue weighted by Crippen LogP contribution is -2.14. The standard InChI is InChI=1S/C29H26N2O2/c1-22(20-23-8-4-2-5-9-23)30-25-12-16-27(17-13-25)33-28-18-14-26(15-19-28)31-29(32)21-24-10-6-3-7-11-24/h2-19,30H,1,20-21H2,(H,31,32). The molecule has 4 aromatic carbocycles. The lowest BCUT2D eigenvalue weighted by atomic mass is 10.1. The van der Waals surface area contributed by atoms with Crippen molar-refractivity contribution in [3.05, 3.63) is 133 Å². The van der Waals surface area contributed by atoms with Crippen molar-refractivity contribution in [3.63, 3.8) is 0 Å². The molecule has 0 aliphatic heterocycles. The molecule has 0 saturated heterocycles. The van der Waals surface area contributed by atoms with Gasteiger partial charge in [-0.3, -0.25) is 4.79 Å². The lowest BCUT2D eigenvalue weighted by Gasteiger charge is -2.11. The summed E-state index contributed by atoms with van der Waals surface area (Å²) in [5, 5.41) is 6.25. The van der Waals surface area contributed by atoms with Crippen molar-refractivity contribution in [3.8, 4) is 11.5 Å². The highest BCUT2D eigenvalue weighted by molar-refractivity contribution is 5.92. The van der Waals surface area contributed by atoms with Crippen molar-refractivity contribution >= 4 is 17.3 Å². The second-order valence-electron chi connectivity index (χ2n) is 7.75. The molecule has 0 bridgehead atoms. The second-order valence-corrected chi connectivity index (χ2v) is 7.75. The van der Waals surface area contributed by atoms with Gasteiger partial charge in [-0.25, -0.2) is 0 Å². The van der Waals surface area contributed by atoms with E-state index in [-0.39, 0.29) is 5.91 Å². The minimum absolute atomic E-state index is 0.0493. The molecular weight excluding hydrogens is 408 g/mol. The first kappa shape index (κ1) is 21.9. The van der Waals surface area contributed by atoms with Gasteiger partial charge < -0.3 is 15.4 Å². The zero-order valence-electron chi connectivity index (χ0n) is 18.3. The molecule has 0 radical (unpaired) electrons. The Hall–Kier alpha value is -4.31. The van der Waals surface area contributed by atoms with Gasteiger partial charge in [0.2, 0.25) is 5.91 Å². The zero-order valence-corrected chi connectivity index (χ0v) is 18.3. The number of carbonyl (C=O) groups is 1. The summed E-state index contributed by atoms with van der Waals surface area (Å²) in [5.41, 5.74) is 4.82. The SMILES string of the molecule is C=C(Cc1ccccc1)Nc1ccc(Oc2ccc(NC(=O)Cc3ccccc3)cc2)cc1. The number of nitrogens with one attached hydrogen (secondary N) is 2. The molecule has 0 spiro atoms. The van der Waals surface area contributed by atoms with Gasteiger partial charge in [0.05, 0.1) is 6.42 Å². The molecule has 0 aromatic heterocycles. The van der Waals surface area contributed by atoms with E-state index in [1.54, 1.807) is 0 Å². The first-order chi connectivity index (χ1) is 16.1. The summed E-state index contributed by atoms with van der Waals surface area (Å²) in [6.07, 6.45) is 1.12. The number of allylic oxidation sites excluding steroid dienone is 1. The number of ether oxygens (including phenoxy) is 1. The van der Waals surface area contributed by atoms with Crippen molar-refractivity contribution < 1.29 is 9.53 Å². The predicted molar refractivity (Wildman–Crippen MR) is 135 cm³/mol. The minimum Gasteiger partial charge on any atom is -0.457 e. The van der Waals surface area contributed by atoms with Gasteiger partial charge in [0.15, 0.2) is 0 Å². The minimum atomic E-state index is -0.0493. The number of hydrogen-bond acceptors (Lipinski definition) is 3. The molecule has 4 rings (SSSR count). The Morgan fingerprint density at radius 2 is 1.06 bits per heavy atom. The van der Waals surface area contributed by atoms with Crippen LogP contribution in [0.3, 0.4) is 0 Å². The van der Waals surface area contributed by atoms with Gasteiger partial charge in [-0.1, -0.05) is 67.2 Å². The number of benzene rings is 4. The number of anilines is 2. The molecule has 0 saturated carbocycles. The second kappa shape index (κ2) is 10.8. The maximum atomic E-state index is 12.2. The Kier molecular flexibility index (Phi) is 7.18. The third-order valence-electron chi connectivity index (χ3n) is 5.02. The lowest BCUT2D eigenvalue weighted by molar-refractivity contribution is -0.115. The Bertz CT molecular complexity index is 1090. The van der Waals surface area contributed by atoms with Gasteiger partial charge in [0, 0.05) is 23.5 Å². The highest BCUT2D eigenvalue weighted by Gasteiger charge is 2.05. The van der Waals surface area contributed by atoms with Gasteiger partial charge in [0.25, 0.3) is 0 Å². The summed E-state index contributed by atoms with van der Waals surface area (Å²) in [4.78, 5) is 12.2. The molecule has 0 aliphatic carbocycles. The van der Waals surface area contributed by atoms with Crippen LogP contribution in [0.1, 0.15) is 11.1 Å². The highest BCUT2D eigenvalue weighted by Crippen LogP contribution is 2.25. The Labute approximate surface area is 194 Å². The fourth-order valence-corrected chi connectivity index (χ4v) is 3.43. The Balaban J connectivity index is 1.27. The maximum Gasteiger partial charge on any atom is 0.228 e. The number of amides is 1. The molecule has 1 amide bonds. The van der Waals surface area contributed by atoms with Crippen LogP contribution < -0.4 is 15.4 Å². The quantitative estimate of drug-likeness (QED) is 0.304. The molecule has 33 heavy (non-hydrogen) atoms. The van der Waals surface area contributed by atoms with Crippen LogP contribution in [0.25, 0.3) is 0 Å². The number of hydrogen-bond donors (Lipinski definition) is 2. The molecule has 0 unspecified atom stereocenters. The summed E-state index contributed by atoms with van der Waals surface area (Å²) in [6.45, 7) is 4.12. The molecule has 4 heteroatoms. The normalized spacial score (nSPS) is 10.3. The molecule has 4 nitrogen and oxygen atoms in total. The molecule has 2 N–H and O–H groups in total. The fraction of sp³-hybridized carbons (Fsp3) is 0.0690. The van der Waals surface area contributed by atoms with E-state index in [0.29, 0.717) is 12.2 Å². The van der Waals surface area contributed by atoms with E-state index >= 15 is 0 Å². The van der Waals surface area contributed by atoms with Crippen molar-refractivity contribution in [1.29, 1.82) is 0 Å². The highest BCUT2D eigenvalue weighted by atomic mass is 16.5. The molecule has 4 aromatic rings. The average molecular weight is 435 g/mol. The monoisotopic (exact) mass is 434 g/mol. The third kappa shape index (κ3) is 6.84. The average Bonchev–Trinajstić information content (AvgIpc) is 2.83. The molecular formula is C29H26N2O2. The van der Waals surface area contributed by atoms with Crippen molar-refractivity contribution in [2.75, 3.05) is 10.6 Å². The summed E-state index contributed by atoms with van der Waals surface area (Å²) in [6, 6.07) is 35.0. The van der Waals surface area contributed by atoms with Crippen LogP contribution in [0.15, 0.2) is 121 Å². The summed E-state index contributed by atoms with van der Waals surface area (Å²) >= 11 is 0. The maximum absolute atomic E-state index is 12.2. The van der Waals surface area contributed by atoms with Crippen LogP contribution in [0.4, 0.5) is 11.4 Å². The summed E-state index contributed by atoms with van der Waals surface area (Å²) < 4.78 is 5.93. The van der Waals surface area contributed by atoms with Gasteiger partial charge >= 0.3 is 0 Å². The van der Waals surface area contributed by atoms with Crippen LogP contribution in [0, 0.1) is 0 Å². The van der Waals surface area contributed by atoms with E-state index in [1.165, 1.54) is 5.56 Å². The van der Waals surface area contributed by atoms with E-state index in [0.717, 1.165) is 34.8 Å². The van der Waals surface area contributed by atoms with Crippen LogP contribution in [-0.2, 0) is 17.6 Å². The molecule has 0 heterocycles. The predicted octanol–water partition coefficient (Wildman–Crippen LogP) is 6.83. The topological polar surface area (TPSA) is 50.4 Å². The molecule has 164 valence electrons.